The zero-order valence-electron chi connectivity index (χ0n) is 9.98. The number of aryl methyl sites for hydroxylation is 1. The van der Waals surface area contributed by atoms with E-state index in [1.807, 2.05) is 18.2 Å². The van der Waals surface area contributed by atoms with Gasteiger partial charge in [0.1, 0.15) is 5.54 Å². The van der Waals surface area contributed by atoms with E-state index in [4.69, 9.17) is 5.11 Å². The summed E-state index contributed by atoms with van der Waals surface area (Å²) in [4.78, 5) is 11.1. The van der Waals surface area contributed by atoms with E-state index >= 15 is 0 Å². The van der Waals surface area contributed by atoms with Crippen molar-refractivity contribution in [1.82, 2.24) is 5.32 Å². The lowest BCUT2D eigenvalue weighted by Crippen LogP contribution is -2.57. The van der Waals surface area contributed by atoms with Crippen LogP contribution in [-0.2, 0) is 11.2 Å². The first-order valence-corrected chi connectivity index (χ1v) is 6.25. The molecule has 0 saturated heterocycles. The quantitative estimate of drug-likeness (QED) is 0.741. The summed E-state index contributed by atoms with van der Waals surface area (Å²) in [5.74, 6) is -0.691. The molecule has 3 nitrogen and oxygen atoms in total. The van der Waals surface area contributed by atoms with Gasteiger partial charge >= 0.3 is 5.97 Å². The number of hydrogen-bond donors (Lipinski definition) is 2. The minimum Gasteiger partial charge on any atom is -0.480 e. The van der Waals surface area contributed by atoms with Crippen LogP contribution in [0, 0.1) is 0 Å². The fraction of sp³-hybridized carbons (Fsp3) is 0.500. The van der Waals surface area contributed by atoms with Crippen LogP contribution in [0.1, 0.15) is 31.2 Å². The van der Waals surface area contributed by atoms with Crippen LogP contribution in [0.15, 0.2) is 30.3 Å². The van der Waals surface area contributed by atoms with Gasteiger partial charge in [-0.1, -0.05) is 30.3 Å². The molecule has 0 amide bonds. The van der Waals surface area contributed by atoms with Crippen LogP contribution < -0.4 is 5.32 Å². The SMILES string of the molecule is O=C(O)C1(NCCCc2ccccc2)CCC1. The highest BCUT2D eigenvalue weighted by Gasteiger charge is 2.43. The molecule has 0 heterocycles. The summed E-state index contributed by atoms with van der Waals surface area (Å²) in [6.07, 6.45) is 4.56. The summed E-state index contributed by atoms with van der Waals surface area (Å²) in [5, 5.41) is 12.3. The van der Waals surface area contributed by atoms with E-state index in [9.17, 15) is 4.79 Å². The lowest BCUT2D eigenvalue weighted by atomic mass is 9.77. The molecule has 1 aromatic rings. The predicted molar refractivity (Wildman–Crippen MR) is 67.0 cm³/mol. The van der Waals surface area contributed by atoms with Crippen LogP contribution in [0.4, 0.5) is 0 Å². The molecule has 0 spiro atoms. The maximum Gasteiger partial charge on any atom is 0.323 e. The van der Waals surface area contributed by atoms with Gasteiger partial charge in [-0.25, -0.2) is 0 Å². The number of nitrogens with one attached hydrogen (secondary N) is 1. The maximum atomic E-state index is 11.1. The Morgan fingerprint density at radius 2 is 2.00 bits per heavy atom. The molecule has 1 aromatic carbocycles. The van der Waals surface area contributed by atoms with Crippen molar-refractivity contribution in [3.63, 3.8) is 0 Å². The van der Waals surface area contributed by atoms with E-state index in [-0.39, 0.29) is 0 Å². The number of carboxylic acids is 1. The second-order valence-electron chi connectivity index (χ2n) is 4.76. The predicted octanol–water partition coefficient (Wildman–Crippen LogP) is 2.22. The lowest BCUT2D eigenvalue weighted by molar-refractivity contribution is -0.148. The van der Waals surface area contributed by atoms with Crippen LogP contribution in [0.5, 0.6) is 0 Å². The third kappa shape index (κ3) is 2.86. The van der Waals surface area contributed by atoms with E-state index < -0.39 is 11.5 Å². The summed E-state index contributed by atoms with van der Waals surface area (Å²) in [5.41, 5.74) is 0.698. The summed E-state index contributed by atoms with van der Waals surface area (Å²) < 4.78 is 0. The number of carboxylic acid groups (broad SMARTS) is 1. The fourth-order valence-electron chi connectivity index (χ4n) is 2.26. The number of rotatable bonds is 6. The van der Waals surface area contributed by atoms with Gasteiger partial charge in [0, 0.05) is 0 Å². The molecule has 17 heavy (non-hydrogen) atoms. The minimum atomic E-state index is -0.691. The number of benzene rings is 1. The second kappa shape index (κ2) is 5.32. The number of hydrogen-bond acceptors (Lipinski definition) is 2. The largest absolute Gasteiger partial charge is 0.480 e. The Morgan fingerprint density at radius 1 is 1.29 bits per heavy atom. The zero-order valence-corrected chi connectivity index (χ0v) is 9.98. The van der Waals surface area contributed by atoms with E-state index in [1.165, 1.54) is 5.56 Å². The van der Waals surface area contributed by atoms with Crippen molar-refractivity contribution in [1.29, 1.82) is 0 Å². The monoisotopic (exact) mass is 233 g/mol. The van der Waals surface area contributed by atoms with Crippen molar-refractivity contribution in [2.45, 2.75) is 37.6 Å². The molecule has 0 atom stereocenters. The number of aliphatic carboxylic acids is 1. The van der Waals surface area contributed by atoms with Crippen molar-refractivity contribution in [2.75, 3.05) is 6.54 Å². The molecular weight excluding hydrogens is 214 g/mol. The number of carbonyl (C=O) groups is 1. The standard InChI is InChI=1S/C14H19NO2/c16-13(17)14(9-5-10-14)15-11-4-8-12-6-2-1-3-7-12/h1-3,6-7,15H,4-5,8-11H2,(H,16,17). The Balaban J connectivity index is 1.71. The van der Waals surface area contributed by atoms with Gasteiger partial charge in [0.25, 0.3) is 0 Å². The van der Waals surface area contributed by atoms with Crippen molar-refractivity contribution < 1.29 is 9.90 Å². The minimum absolute atomic E-state index is 0.614. The lowest BCUT2D eigenvalue weighted by Gasteiger charge is -2.38. The summed E-state index contributed by atoms with van der Waals surface area (Å²) in [7, 11) is 0. The van der Waals surface area contributed by atoms with Crippen molar-refractivity contribution >= 4 is 5.97 Å². The molecule has 0 bridgehead atoms. The van der Waals surface area contributed by atoms with Crippen molar-refractivity contribution in [2.24, 2.45) is 0 Å². The van der Waals surface area contributed by atoms with E-state index in [1.54, 1.807) is 0 Å². The topological polar surface area (TPSA) is 49.3 Å². The fourth-order valence-corrected chi connectivity index (χ4v) is 2.26. The molecule has 0 radical (unpaired) electrons. The Kier molecular flexibility index (Phi) is 3.79. The molecular formula is C14H19NO2. The molecule has 0 unspecified atom stereocenters. The highest BCUT2D eigenvalue weighted by Crippen LogP contribution is 2.31. The first-order valence-electron chi connectivity index (χ1n) is 6.25. The van der Waals surface area contributed by atoms with Gasteiger partial charge in [0.05, 0.1) is 0 Å². The molecule has 0 aromatic heterocycles. The van der Waals surface area contributed by atoms with Gasteiger partial charge in [0.15, 0.2) is 0 Å². The Bertz CT molecular complexity index is 371. The average molecular weight is 233 g/mol. The van der Waals surface area contributed by atoms with Gasteiger partial charge in [-0.05, 0) is 44.2 Å². The Morgan fingerprint density at radius 3 is 2.53 bits per heavy atom. The Labute approximate surface area is 102 Å². The molecule has 1 aliphatic carbocycles. The first kappa shape index (κ1) is 12.1. The second-order valence-corrected chi connectivity index (χ2v) is 4.76. The van der Waals surface area contributed by atoms with Gasteiger partial charge in [0.2, 0.25) is 0 Å². The molecule has 1 saturated carbocycles. The van der Waals surface area contributed by atoms with Gasteiger partial charge < -0.3 is 10.4 Å². The third-order valence-electron chi connectivity index (χ3n) is 3.56. The summed E-state index contributed by atoms with van der Waals surface area (Å²) in [6, 6.07) is 10.3. The van der Waals surface area contributed by atoms with E-state index in [2.05, 4.69) is 17.4 Å². The molecule has 1 fully saturated rings. The smallest absolute Gasteiger partial charge is 0.323 e. The van der Waals surface area contributed by atoms with Crippen LogP contribution >= 0.6 is 0 Å². The molecule has 2 N–H and O–H groups in total. The highest BCUT2D eigenvalue weighted by atomic mass is 16.4. The van der Waals surface area contributed by atoms with Crippen molar-refractivity contribution in [3.8, 4) is 0 Å². The summed E-state index contributed by atoms with van der Waals surface area (Å²) in [6.45, 7) is 0.779. The van der Waals surface area contributed by atoms with Gasteiger partial charge in [-0.2, -0.15) is 0 Å². The molecule has 3 heteroatoms. The first-order chi connectivity index (χ1) is 8.23. The zero-order chi connectivity index (χ0) is 12.1. The van der Waals surface area contributed by atoms with E-state index in [0.29, 0.717) is 0 Å². The summed E-state index contributed by atoms with van der Waals surface area (Å²) >= 11 is 0. The highest BCUT2D eigenvalue weighted by molar-refractivity contribution is 5.79. The van der Waals surface area contributed by atoms with E-state index in [0.717, 1.165) is 38.6 Å². The molecule has 0 aliphatic heterocycles. The van der Waals surface area contributed by atoms with Crippen molar-refractivity contribution in [3.05, 3.63) is 35.9 Å². The maximum absolute atomic E-state index is 11.1. The molecule has 92 valence electrons. The van der Waals surface area contributed by atoms with Gasteiger partial charge in [-0.3, -0.25) is 4.79 Å². The van der Waals surface area contributed by atoms with Crippen LogP contribution in [0.2, 0.25) is 0 Å². The van der Waals surface area contributed by atoms with Gasteiger partial charge in [-0.15, -0.1) is 0 Å². The van der Waals surface area contributed by atoms with Crippen LogP contribution in [0.25, 0.3) is 0 Å². The van der Waals surface area contributed by atoms with Crippen LogP contribution in [-0.4, -0.2) is 23.2 Å². The molecule has 2 rings (SSSR count). The third-order valence-corrected chi connectivity index (χ3v) is 3.56. The average Bonchev–Trinajstić information content (AvgIpc) is 2.27. The van der Waals surface area contributed by atoms with Crippen LogP contribution in [0.3, 0.4) is 0 Å². The molecule has 1 aliphatic rings. The Hall–Kier alpha value is -1.35. The normalized spacial score (nSPS) is 17.4.